The fourth-order valence-electron chi connectivity index (χ4n) is 2.33. The average molecular weight is 271 g/mol. The van der Waals surface area contributed by atoms with Gasteiger partial charge in [0.1, 0.15) is 0 Å². The summed E-state index contributed by atoms with van der Waals surface area (Å²) in [6.45, 7) is 4.55. The van der Waals surface area contributed by atoms with E-state index in [1.807, 2.05) is 0 Å². The number of hydrogen-bond acceptors (Lipinski definition) is 1. The van der Waals surface area contributed by atoms with Crippen LogP contribution in [0.15, 0.2) is 0 Å². The minimum atomic E-state index is 1.20. The number of hydrogen-bond donors (Lipinski definition) is 0. The van der Waals surface area contributed by atoms with Crippen LogP contribution in [0.3, 0.4) is 0 Å². The maximum absolute atomic E-state index is 5.46. The van der Waals surface area contributed by atoms with E-state index in [1.165, 1.54) is 94.8 Å². The first-order valence-corrected chi connectivity index (χ1v) is 8.73. The van der Waals surface area contributed by atoms with Gasteiger partial charge in [-0.1, -0.05) is 90.3 Å². The zero-order valence-electron chi connectivity index (χ0n) is 12.8. The Balaban J connectivity index is 3.12. The molecule has 0 heterocycles. The Labute approximate surface area is 121 Å². The second-order valence-electron chi connectivity index (χ2n) is 5.57. The van der Waals surface area contributed by atoms with Crippen LogP contribution in [0, 0.1) is 0 Å². The van der Waals surface area contributed by atoms with Gasteiger partial charge in [-0.3, -0.25) is 0 Å². The molecule has 1 heteroatoms. The molecule has 0 aliphatic rings. The van der Waals surface area contributed by atoms with E-state index in [0.29, 0.717) is 0 Å². The van der Waals surface area contributed by atoms with Gasteiger partial charge in [0.25, 0.3) is 0 Å². The van der Waals surface area contributed by atoms with Gasteiger partial charge in [0.2, 0.25) is 0 Å². The molecule has 0 fully saturated rings. The lowest BCUT2D eigenvalue weighted by Gasteiger charge is -2.04. The highest BCUT2D eigenvalue weighted by molar-refractivity contribution is 7.80. The van der Waals surface area contributed by atoms with Gasteiger partial charge in [-0.05, 0) is 30.5 Å². The van der Waals surface area contributed by atoms with Crippen molar-refractivity contribution in [3.63, 3.8) is 0 Å². The number of rotatable bonds is 14. The minimum absolute atomic E-state index is 1.20. The highest BCUT2D eigenvalue weighted by Crippen LogP contribution is 2.12. The third-order valence-corrected chi connectivity index (χ3v) is 4.03. The van der Waals surface area contributed by atoms with Crippen LogP contribution in [0.25, 0.3) is 0 Å². The van der Waals surface area contributed by atoms with E-state index in [9.17, 15) is 0 Å². The summed E-state index contributed by atoms with van der Waals surface area (Å²) in [6.07, 6.45) is 19.0. The quantitative estimate of drug-likeness (QED) is 0.245. The van der Waals surface area contributed by atoms with Crippen molar-refractivity contribution >= 4 is 17.1 Å². The lowest BCUT2D eigenvalue weighted by Crippen LogP contribution is -1.95. The van der Waals surface area contributed by atoms with Crippen LogP contribution in [-0.2, 0) is 0 Å². The van der Waals surface area contributed by atoms with Crippen molar-refractivity contribution in [2.24, 2.45) is 0 Å². The highest BCUT2D eigenvalue weighted by Gasteiger charge is 1.98. The topological polar surface area (TPSA) is 0 Å². The lowest BCUT2D eigenvalue weighted by atomic mass is 10.0. The Hall–Kier alpha value is 0.0900. The maximum Gasteiger partial charge on any atom is -0.00715 e. The molecule has 0 N–H and O–H groups in total. The summed E-state index contributed by atoms with van der Waals surface area (Å²) >= 11 is 5.46. The third-order valence-electron chi connectivity index (χ3n) is 3.62. The summed E-state index contributed by atoms with van der Waals surface area (Å²) in [5.41, 5.74) is 0. The molecule has 0 radical (unpaired) electrons. The molecule has 0 aromatic rings. The molecule has 0 amide bonds. The van der Waals surface area contributed by atoms with Gasteiger partial charge in [-0.2, -0.15) is 0 Å². The number of unbranched alkanes of at least 4 members (excludes halogenated alkanes) is 10. The van der Waals surface area contributed by atoms with Gasteiger partial charge in [-0.25, -0.2) is 0 Å². The van der Waals surface area contributed by atoms with Crippen molar-refractivity contribution in [1.29, 1.82) is 0 Å². The van der Waals surface area contributed by atoms with Crippen LogP contribution < -0.4 is 0 Å². The molecule has 0 unspecified atom stereocenters. The van der Waals surface area contributed by atoms with Crippen LogP contribution in [0.1, 0.15) is 104 Å². The molecule has 0 aliphatic heterocycles. The average Bonchev–Trinajstić information content (AvgIpc) is 2.38. The van der Waals surface area contributed by atoms with E-state index in [0.717, 1.165) is 0 Å². The molecule has 0 nitrogen and oxygen atoms in total. The molecule has 0 aromatic carbocycles. The smallest absolute Gasteiger partial charge is 0.00715 e. The monoisotopic (exact) mass is 270 g/mol. The summed E-state index contributed by atoms with van der Waals surface area (Å²) in [5, 5.41) is 0. The van der Waals surface area contributed by atoms with Gasteiger partial charge in [0.15, 0.2) is 0 Å². The van der Waals surface area contributed by atoms with Crippen LogP contribution in [-0.4, -0.2) is 4.86 Å². The predicted molar refractivity (Wildman–Crippen MR) is 88.6 cm³/mol. The van der Waals surface area contributed by atoms with Crippen molar-refractivity contribution in [1.82, 2.24) is 0 Å². The van der Waals surface area contributed by atoms with Gasteiger partial charge < -0.3 is 0 Å². The third kappa shape index (κ3) is 14.2. The van der Waals surface area contributed by atoms with Gasteiger partial charge in [-0.15, -0.1) is 0 Å². The fraction of sp³-hybridized carbons (Fsp3) is 0.941. The SMILES string of the molecule is CCCCCCCCC(=S)CCCCCCCC. The Morgan fingerprint density at radius 2 is 0.889 bits per heavy atom. The largest absolute Gasteiger partial charge is 0.0897 e. The second-order valence-corrected chi connectivity index (χ2v) is 6.15. The molecule has 0 saturated carbocycles. The summed E-state index contributed by atoms with van der Waals surface area (Å²) in [5.74, 6) is 0. The molecule has 0 atom stereocenters. The zero-order chi connectivity index (χ0) is 13.5. The molecule has 18 heavy (non-hydrogen) atoms. The van der Waals surface area contributed by atoms with E-state index in [1.54, 1.807) is 0 Å². The summed E-state index contributed by atoms with van der Waals surface area (Å²) in [6, 6.07) is 0. The second kappa shape index (κ2) is 15.1. The van der Waals surface area contributed by atoms with Crippen molar-refractivity contribution in [3.05, 3.63) is 0 Å². The molecular weight excluding hydrogens is 236 g/mol. The minimum Gasteiger partial charge on any atom is -0.0897 e. The molecule has 0 bridgehead atoms. The molecule has 0 aromatic heterocycles. The van der Waals surface area contributed by atoms with Crippen LogP contribution in [0.2, 0.25) is 0 Å². The van der Waals surface area contributed by atoms with Crippen molar-refractivity contribution in [2.75, 3.05) is 0 Å². The zero-order valence-corrected chi connectivity index (χ0v) is 13.6. The first kappa shape index (κ1) is 18.1. The van der Waals surface area contributed by atoms with Crippen LogP contribution in [0.5, 0.6) is 0 Å². The first-order valence-electron chi connectivity index (χ1n) is 8.33. The standard InChI is InChI=1S/C17H34S/c1-3-5-7-9-11-13-15-17(18)16-14-12-10-8-6-4-2/h3-16H2,1-2H3. The lowest BCUT2D eigenvalue weighted by molar-refractivity contribution is 0.606. The van der Waals surface area contributed by atoms with E-state index in [4.69, 9.17) is 12.2 Å². The number of thiocarbonyl (C=S) groups is 1. The molecule has 0 aliphatic carbocycles. The summed E-state index contributed by atoms with van der Waals surface area (Å²) in [7, 11) is 0. The molecule has 0 spiro atoms. The Morgan fingerprint density at radius 1 is 0.556 bits per heavy atom. The predicted octanol–water partition coefficient (Wildman–Crippen LogP) is 6.86. The van der Waals surface area contributed by atoms with Crippen LogP contribution >= 0.6 is 12.2 Å². The van der Waals surface area contributed by atoms with Crippen molar-refractivity contribution in [2.45, 2.75) is 104 Å². The highest BCUT2D eigenvalue weighted by atomic mass is 32.1. The van der Waals surface area contributed by atoms with E-state index >= 15 is 0 Å². The molecule has 0 rings (SSSR count). The van der Waals surface area contributed by atoms with Gasteiger partial charge in [0.05, 0.1) is 0 Å². The normalized spacial score (nSPS) is 10.8. The van der Waals surface area contributed by atoms with Gasteiger partial charge >= 0.3 is 0 Å². The molecule has 0 saturated heterocycles. The summed E-state index contributed by atoms with van der Waals surface area (Å²) in [4.78, 5) is 1.33. The van der Waals surface area contributed by atoms with Gasteiger partial charge in [0, 0.05) is 0 Å². The molecule has 108 valence electrons. The first-order chi connectivity index (χ1) is 8.81. The fourth-order valence-corrected chi connectivity index (χ4v) is 2.62. The van der Waals surface area contributed by atoms with E-state index < -0.39 is 0 Å². The van der Waals surface area contributed by atoms with E-state index in [2.05, 4.69) is 13.8 Å². The van der Waals surface area contributed by atoms with E-state index in [-0.39, 0.29) is 0 Å². The van der Waals surface area contributed by atoms with Crippen molar-refractivity contribution in [3.8, 4) is 0 Å². The van der Waals surface area contributed by atoms with Crippen molar-refractivity contribution < 1.29 is 0 Å². The Morgan fingerprint density at radius 3 is 1.28 bits per heavy atom. The van der Waals surface area contributed by atoms with Crippen LogP contribution in [0.4, 0.5) is 0 Å². The molecular formula is C17H34S. The Kier molecular flexibility index (Phi) is 15.2. The summed E-state index contributed by atoms with van der Waals surface area (Å²) < 4.78 is 0. The Bertz CT molecular complexity index is 156. The maximum atomic E-state index is 5.46.